The van der Waals surface area contributed by atoms with Crippen molar-refractivity contribution in [2.24, 2.45) is 10.2 Å². The molecule has 2 rings (SSSR count). The van der Waals surface area contributed by atoms with Crippen LogP contribution in [0, 0.1) is 5.82 Å². The summed E-state index contributed by atoms with van der Waals surface area (Å²) in [5, 5.41) is 7.86. The smallest absolute Gasteiger partial charge is 0.123 e. The van der Waals surface area contributed by atoms with Gasteiger partial charge in [0.05, 0.1) is 12.4 Å². The zero-order valence-electron chi connectivity index (χ0n) is 11.4. The van der Waals surface area contributed by atoms with Crippen LogP contribution in [-0.2, 0) is 0 Å². The lowest BCUT2D eigenvalue weighted by molar-refractivity contribution is 0.363. The molecule has 0 amide bonds. The average molecular weight is 282 g/mol. The zero-order valence-corrected chi connectivity index (χ0v) is 11.4. The lowest BCUT2D eigenvalue weighted by Crippen LogP contribution is -1.92. The van der Waals surface area contributed by atoms with Gasteiger partial charge in [-0.25, -0.2) is 4.39 Å². The van der Waals surface area contributed by atoms with Crippen LogP contribution in [0.1, 0.15) is 11.1 Å². The molecule has 0 saturated heterocycles. The zero-order chi connectivity index (χ0) is 14.9. The molecule has 0 heterocycles. The Labute approximate surface area is 123 Å². The lowest BCUT2D eigenvalue weighted by atomic mass is 10.2. The molecule has 0 atom stereocenters. The molecule has 2 aromatic rings. The second-order valence-electron chi connectivity index (χ2n) is 4.21. The summed E-state index contributed by atoms with van der Waals surface area (Å²) in [5.41, 5.74) is 1.71. The number of hydrogen-bond donors (Lipinski definition) is 0. The first-order valence-corrected chi connectivity index (χ1v) is 6.43. The van der Waals surface area contributed by atoms with Crippen LogP contribution in [0.4, 0.5) is 4.39 Å². The van der Waals surface area contributed by atoms with Gasteiger partial charge in [-0.1, -0.05) is 24.8 Å². The molecule has 0 spiro atoms. The monoisotopic (exact) mass is 282 g/mol. The predicted molar refractivity (Wildman–Crippen MR) is 83.7 cm³/mol. The largest absolute Gasteiger partial charge is 0.490 e. The van der Waals surface area contributed by atoms with Crippen LogP contribution in [0.25, 0.3) is 0 Å². The van der Waals surface area contributed by atoms with Crippen molar-refractivity contribution in [2.75, 3.05) is 6.61 Å². The third-order valence-electron chi connectivity index (χ3n) is 2.60. The van der Waals surface area contributed by atoms with Crippen LogP contribution < -0.4 is 4.74 Å². The van der Waals surface area contributed by atoms with E-state index in [1.54, 1.807) is 30.6 Å². The van der Waals surface area contributed by atoms with Gasteiger partial charge in [0, 0.05) is 0 Å². The van der Waals surface area contributed by atoms with Crippen molar-refractivity contribution in [1.82, 2.24) is 0 Å². The number of rotatable bonds is 6. The molecule has 0 aliphatic carbocycles. The highest BCUT2D eigenvalue weighted by Crippen LogP contribution is 2.11. The van der Waals surface area contributed by atoms with Gasteiger partial charge < -0.3 is 4.74 Å². The highest BCUT2D eigenvalue weighted by molar-refractivity contribution is 5.82. The van der Waals surface area contributed by atoms with Crippen molar-refractivity contribution < 1.29 is 9.13 Å². The molecule has 0 aliphatic heterocycles. The molecular formula is C17H15FN2O. The first-order valence-electron chi connectivity index (χ1n) is 6.43. The van der Waals surface area contributed by atoms with Crippen molar-refractivity contribution in [2.45, 2.75) is 0 Å². The van der Waals surface area contributed by atoms with Crippen molar-refractivity contribution in [3.63, 3.8) is 0 Å². The van der Waals surface area contributed by atoms with E-state index in [0.29, 0.717) is 6.61 Å². The minimum Gasteiger partial charge on any atom is -0.490 e. The number of nitrogens with zero attached hydrogens (tertiary/aromatic N) is 2. The van der Waals surface area contributed by atoms with Crippen molar-refractivity contribution in [1.29, 1.82) is 0 Å². The molecule has 0 unspecified atom stereocenters. The summed E-state index contributed by atoms with van der Waals surface area (Å²) in [7, 11) is 0. The molecular weight excluding hydrogens is 267 g/mol. The van der Waals surface area contributed by atoms with E-state index < -0.39 is 0 Å². The van der Waals surface area contributed by atoms with Crippen LogP contribution in [0.3, 0.4) is 0 Å². The highest BCUT2D eigenvalue weighted by Gasteiger charge is 1.92. The van der Waals surface area contributed by atoms with Crippen LogP contribution in [0.15, 0.2) is 71.4 Å². The van der Waals surface area contributed by atoms with Crippen molar-refractivity contribution >= 4 is 12.4 Å². The SMILES string of the molecule is C=CCOc1ccc(C=NN=Cc2ccc(F)cc2)cc1. The average Bonchev–Trinajstić information content (AvgIpc) is 2.52. The number of ether oxygens (including phenoxy) is 1. The third kappa shape index (κ3) is 5.03. The summed E-state index contributed by atoms with van der Waals surface area (Å²) in [6, 6.07) is 13.5. The molecule has 2 aromatic carbocycles. The van der Waals surface area contributed by atoms with Gasteiger partial charge in [-0.2, -0.15) is 10.2 Å². The van der Waals surface area contributed by atoms with E-state index >= 15 is 0 Å². The van der Waals surface area contributed by atoms with E-state index in [4.69, 9.17) is 4.74 Å². The Hall–Kier alpha value is -2.75. The molecule has 0 radical (unpaired) electrons. The fourth-order valence-electron chi connectivity index (χ4n) is 1.55. The van der Waals surface area contributed by atoms with Gasteiger partial charge in [0.1, 0.15) is 18.2 Å². The summed E-state index contributed by atoms with van der Waals surface area (Å²) in [6.07, 6.45) is 4.90. The first kappa shape index (κ1) is 14.7. The summed E-state index contributed by atoms with van der Waals surface area (Å²) in [4.78, 5) is 0. The van der Waals surface area contributed by atoms with E-state index in [0.717, 1.165) is 16.9 Å². The molecule has 0 aliphatic rings. The fourth-order valence-corrected chi connectivity index (χ4v) is 1.55. The van der Waals surface area contributed by atoms with E-state index in [1.807, 2.05) is 24.3 Å². The van der Waals surface area contributed by atoms with Gasteiger partial charge in [-0.3, -0.25) is 0 Å². The molecule has 0 bridgehead atoms. The third-order valence-corrected chi connectivity index (χ3v) is 2.60. The summed E-state index contributed by atoms with van der Waals surface area (Å²) in [6.45, 7) is 4.07. The maximum absolute atomic E-state index is 12.7. The summed E-state index contributed by atoms with van der Waals surface area (Å²) >= 11 is 0. The van der Waals surface area contributed by atoms with Crippen LogP contribution in [-0.4, -0.2) is 19.0 Å². The maximum Gasteiger partial charge on any atom is 0.123 e. The molecule has 106 valence electrons. The van der Waals surface area contributed by atoms with Gasteiger partial charge in [-0.05, 0) is 47.5 Å². The van der Waals surface area contributed by atoms with Gasteiger partial charge in [-0.15, -0.1) is 0 Å². The van der Waals surface area contributed by atoms with Crippen LogP contribution >= 0.6 is 0 Å². The predicted octanol–water partition coefficient (Wildman–Crippen LogP) is 3.84. The highest BCUT2D eigenvalue weighted by atomic mass is 19.1. The van der Waals surface area contributed by atoms with Crippen LogP contribution in [0.5, 0.6) is 5.75 Å². The Kier molecular flexibility index (Phi) is 5.41. The Balaban J connectivity index is 1.91. The second-order valence-corrected chi connectivity index (χ2v) is 4.21. The summed E-state index contributed by atoms with van der Waals surface area (Å²) < 4.78 is 18.1. The van der Waals surface area contributed by atoms with E-state index in [1.165, 1.54) is 12.1 Å². The van der Waals surface area contributed by atoms with Crippen molar-refractivity contribution in [3.05, 3.63) is 78.1 Å². The Morgan fingerprint density at radius 2 is 1.43 bits per heavy atom. The minimum absolute atomic E-state index is 0.269. The normalized spacial score (nSPS) is 11.1. The lowest BCUT2D eigenvalue weighted by Gasteiger charge is -2.02. The van der Waals surface area contributed by atoms with Gasteiger partial charge in [0.25, 0.3) is 0 Å². The molecule has 0 aromatic heterocycles. The molecule has 0 saturated carbocycles. The first-order chi connectivity index (χ1) is 10.3. The number of halogens is 1. The Bertz CT molecular complexity index is 631. The standard InChI is InChI=1S/C17H15FN2O/c1-2-11-21-17-9-5-15(6-10-17)13-20-19-12-14-3-7-16(18)8-4-14/h2-10,12-13H,1,11H2. The maximum atomic E-state index is 12.7. The van der Waals surface area contributed by atoms with Crippen molar-refractivity contribution in [3.8, 4) is 5.75 Å². The minimum atomic E-state index is -0.269. The molecule has 3 nitrogen and oxygen atoms in total. The van der Waals surface area contributed by atoms with Gasteiger partial charge >= 0.3 is 0 Å². The fraction of sp³-hybridized carbons (Fsp3) is 0.0588. The van der Waals surface area contributed by atoms with E-state index in [9.17, 15) is 4.39 Å². The number of benzene rings is 2. The summed E-state index contributed by atoms with van der Waals surface area (Å²) in [5.74, 6) is 0.510. The molecule has 4 heteroatoms. The quantitative estimate of drug-likeness (QED) is 0.450. The topological polar surface area (TPSA) is 34.0 Å². The van der Waals surface area contributed by atoms with Gasteiger partial charge in [0.15, 0.2) is 0 Å². The Morgan fingerprint density at radius 1 is 0.905 bits per heavy atom. The molecule has 21 heavy (non-hydrogen) atoms. The Morgan fingerprint density at radius 3 is 1.95 bits per heavy atom. The number of hydrogen-bond acceptors (Lipinski definition) is 3. The second kappa shape index (κ2) is 7.75. The van der Waals surface area contributed by atoms with Crippen LogP contribution in [0.2, 0.25) is 0 Å². The van der Waals surface area contributed by atoms with Gasteiger partial charge in [0.2, 0.25) is 0 Å². The molecule has 0 fully saturated rings. The van der Waals surface area contributed by atoms with E-state index in [2.05, 4.69) is 16.8 Å². The van der Waals surface area contributed by atoms with E-state index in [-0.39, 0.29) is 5.82 Å². The molecule has 0 N–H and O–H groups in total.